The van der Waals surface area contributed by atoms with Gasteiger partial charge in [-0.25, -0.2) is 9.97 Å². The summed E-state index contributed by atoms with van der Waals surface area (Å²) < 4.78 is 5.16. The van der Waals surface area contributed by atoms with E-state index < -0.39 is 0 Å². The molecule has 3 aromatic rings. The maximum atomic E-state index is 5.87. The molecule has 0 spiro atoms. The van der Waals surface area contributed by atoms with Gasteiger partial charge in [0.15, 0.2) is 0 Å². The molecule has 1 heterocycles. The van der Waals surface area contributed by atoms with Crippen molar-refractivity contribution in [3.05, 3.63) is 53.9 Å². The van der Waals surface area contributed by atoms with Crippen LogP contribution >= 0.6 is 0 Å². The number of methoxy groups -OCH3 is 1. The van der Waals surface area contributed by atoms with Gasteiger partial charge >= 0.3 is 0 Å². The molecular weight excluding hydrogens is 276 g/mol. The normalized spacial score (nSPS) is 10.6. The first-order valence-electron chi connectivity index (χ1n) is 7.06. The fourth-order valence-corrected chi connectivity index (χ4v) is 2.33. The molecule has 3 N–H and O–H groups in total. The molecule has 112 valence electrons. The van der Waals surface area contributed by atoms with E-state index in [-0.39, 0.29) is 0 Å². The molecule has 5 heteroatoms. The molecule has 0 saturated heterocycles. The second-order valence-corrected chi connectivity index (χ2v) is 5.10. The molecule has 0 unspecified atom stereocenters. The van der Waals surface area contributed by atoms with E-state index in [2.05, 4.69) is 15.3 Å². The molecule has 5 nitrogen and oxygen atoms in total. The number of hydrogen-bond donors (Lipinski definition) is 2. The Morgan fingerprint density at radius 2 is 1.86 bits per heavy atom. The molecule has 0 aliphatic rings. The first-order chi connectivity index (χ1) is 10.7. The van der Waals surface area contributed by atoms with E-state index >= 15 is 0 Å². The SMILES string of the molecule is COc1ccc(CNc2nc(C)nc3ccc(N)cc23)cc1. The maximum Gasteiger partial charge on any atom is 0.137 e. The number of nitrogen functional groups attached to an aromatic ring is 1. The molecule has 0 radical (unpaired) electrons. The van der Waals surface area contributed by atoms with Gasteiger partial charge in [-0.2, -0.15) is 0 Å². The lowest BCUT2D eigenvalue weighted by molar-refractivity contribution is 0.414. The van der Waals surface area contributed by atoms with Crippen molar-refractivity contribution in [3.63, 3.8) is 0 Å². The number of anilines is 2. The summed E-state index contributed by atoms with van der Waals surface area (Å²) in [5.41, 5.74) is 8.61. The van der Waals surface area contributed by atoms with Crippen molar-refractivity contribution in [3.8, 4) is 5.75 Å². The number of rotatable bonds is 4. The number of benzene rings is 2. The van der Waals surface area contributed by atoms with Crippen LogP contribution in [0.5, 0.6) is 5.75 Å². The fourth-order valence-electron chi connectivity index (χ4n) is 2.33. The van der Waals surface area contributed by atoms with Crippen LogP contribution in [0.1, 0.15) is 11.4 Å². The van der Waals surface area contributed by atoms with Gasteiger partial charge in [-0.05, 0) is 42.8 Å². The average molecular weight is 294 g/mol. The van der Waals surface area contributed by atoms with Crippen LogP contribution in [0.3, 0.4) is 0 Å². The summed E-state index contributed by atoms with van der Waals surface area (Å²) in [5.74, 6) is 2.37. The zero-order valence-corrected chi connectivity index (χ0v) is 12.6. The summed E-state index contributed by atoms with van der Waals surface area (Å²) in [5, 5.41) is 4.29. The molecule has 0 amide bonds. The van der Waals surface area contributed by atoms with Gasteiger partial charge in [0.05, 0.1) is 12.6 Å². The van der Waals surface area contributed by atoms with Gasteiger partial charge < -0.3 is 15.8 Å². The Kier molecular flexibility index (Phi) is 3.78. The summed E-state index contributed by atoms with van der Waals surface area (Å²) in [6.45, 7) is 2.55. The van der Waals surface area contributed by atoms with Crippen molar-refractivity contribution >= 4 is 22.4 Å². The Balaban J connectivity index is 1.87. The monoisotopic (exact) mass is 294 g/mol. The van der Waals surface area contributed by atoms with Crippen LogP contribution in [0.25, 0.3) is 10.9 Å². The molecule has 2 aromatic carbocycles. The van der Waals surface area contributed by atoms with E-state index in [0.717, 1.165) is 33.9 Å². The number of aromatic nitrogens is 2. The van der Waals surface area contributed by atoms with Crippen LogP contribution in [-0.2, 0) is 6.54 Å². The minimum Gasteiger partial charge on any atom is -0.497 e. The van der Waals surface area contributed by atoms with Crippen LogP contribution in [0.4, 0.5) is 11.5 Å². The van der Waals surface area contributed by atoms with Crippen molar-refractivity contribution < 1.29 is 4.74 Å². The Morgan fingerprint density at radius 3 is 2.59 bits per heavy atom. The Morgan fingerprint density at radius 1 is 1.09 bits per heavy atom. The van der Waals surface area contributed by atoms with E-state index in [1.165, 1.54) is 0 Å². The second kappa shape index (κ2) is 5.89. The van der Waals surface area contributed by atoms with Gasteiger partial charge in [0.25, 0.3) is 0 Å². The zero-order valence-electron chi connectivity index (χ0n) is 12.6. The molecular formula is C17H18N4O. The van der Waals surface area contributed by atoms with Crippen molar-refractivity contribution in [2.24, 2.45) is 0 Å². The predicted molar refractivity (Wildman–Crippen MR) is 89.0 cm³/mol. The number of fused-ring (bicyclic) bond motifs is 1. The van der Waals surface area contributed by atoms with Gasteiger partial charge in [0.1, 0.15) is 17.4 Å². The van der Waals surface area contributed by atoms with Crippen LogP contribution in [0.15, 0.2) is 42.5 Å². The largest absolute Gasteiger partial charge is 0.497 e. The van der Waals surface area contributed by atoms with Gasteiger partial charge in [0, 0.05) is 17.6 Å². The van der Waals surface area contributed by atoms with Crippen molar-refractivity contribution in [2.45, 2.75) is 13.5 Å². The lowest BCUT2D eigenvalue weighted by Crippen LogP contribution is -2.04. The van der Waals surface area contributed by atoms with E-state index in [0.29, 0.717) is 12.2 Å². The number of ether oxygens (including phenoxy) is 1. The topological polar surface area (TPSA) is 73.1 Å². The molecule has 0 atom stereocenters. The van der Waals surface area contributed by atoms with Crippen molar-refractivity contribution in [1.82, 2.24) is 9.97 Å². The predicted octanol–water partition coefficient (Wildman–Crippen LogP) is 3.14. The lowest BCUT2D eigenvalue weighted by Gasteiger charge is -2.10. The summed E-state index contributed by atoms with van der Waals surface area (Å²) in [7, 11) is 1.66. The number of nitrogens with one attached hydrogen (secondary N) is 1. The quantitative estimate of drug-likeness (QED) is 0.723. The third kappa shape index (κ3) is 2.93. The van der Waals surface area contributed by atoms with Crippen LogP contribution < -0.4 is 15.8 Å². The summed E-state index contributed by atoms with van der Waals surface area (Å²) in [6.07, 6.45) is 0. The highest BCUT2D eigenvalue weighted by molar-refractivity contribution is 5.91. The van der Waals surface area contributed by atoms with Crippen molar-refractivity contribution in [1.29, 1.82) is 0 Å². The number of nitrogens with two attached hydrogens (primary N) is 1. The van der Waals surface area contributed by atoms with Crippen molar-refractivity contribution in [2.75, 3.05) is 18.2 Å². The number of aryl methyl sites for hydroxylation is 1. The third-order valence-corrected chi connectivity index (χ3v) is 3.45. The first-order valence-corrected chi connectivity index (χ1v) is 7.06. The minimum absolute atomic E-state index is 0.671. The standard InChI is InChI=1S/C17H18N4O/c1-11-20-16-8-5-13(18)9-15(16)17(21-11)19-10-12-3-6-14(22-2)7-4-12/h3-9H,10,18H2,1-2H3,(H,19,20,21). The first kappa shape index (κ1) is 14.1. The zero-order chi connectivity index (χ0) is 15.5. The Hall–Kier alpha value is -2.82. The Labute approximate surface area is 129 Å². The van der Waals surface area contributed by atoms with E-state index in [1.54, 1.807) is 7.11 Å². The smallest absolute Gasteiger partial charge is 0.137 e. The van der Waals surface area contributed by atoms with Gasteiger partial charge in [-0.3, -0.25) is 0 Å². The van der Waals surface area contributed by atoms with Crippen LogP contribution in [0, 0.1) is 6.92 Å². The van der Waals surface area contributed by atoms with E-state index in [1.807, 2.05) is 49.4 Å². The average Bonchev–Trinajstić information content (AvgIpc) is 2.53. The molecule has 0 aliphatic heterocycles. The molecule has 0 fully saturated rings. The van der Waals surface area contributed by atoms with Gasteiger partial charge in [-0.1, -0.05) is 12.1 Å². The highest BCUT2D eigenvalue weighted by Crippen LogP contribution is 2.23. The number of nitrogens with zero attached hydrogens (tertiary/aromatic N) is 2. The molecule has 0 saturated carbocycles. The van der Waals surface area contributed by atoms with E-state index in [4.69, 9.17) is 10.5 Å². The highest BCUT2D eigenvalue weighted by atomic mass is 16.5. The minimum atomic E-state index is 0.671. The molecule has 22 heavy (non-hydrogen) atoms. The maximum absolute atomic E-state index is 5.87. The lowest BCUT2D eigenvalue weighted by atomic mass is 10.2. The Bertz CT molecular complexity index is 800. The van der Waals surface area contributed by atoms with Crippen LogP contribution in [-0.4, -0.2) is 17.1 Å². The van der Waals surface area contributed by atoms with Gasteiger partial charge in [0.2, 0.25) is 0 Å². The third-order valence-electron chi connectivity index (χ3n) is 3.45. The summed E-state index contributed by atoms with van der Waals surface area (Å²) in [4.78, 5) is 8.92. The van der Waals surface area contributed by atoms with E-state index in [9.17, 15) is 0 Å². The second-order valence-electron chi connectivity index (χ2n) is 5.10. The summed E-state index contributed by atoms with van der Waals surface area (Å²) in [6, 6.07) is 13.6. The molecule has 3 rings (SSSR count). The van der Waals surface area contributed by atoms with Crippen LogP contribution in [0.2, 0.25) is 0 Å². The van der Waals surface area contributed by atoms with Gasteiger partial charge in [-0.15, -0.1) is 0 Å². The molecule has 1 aromatic heterocycles. The summed E-state index contributed by atoms with van der Waals surface area (Å²) >= 11 is 0. The number of hydrogen-bond acceptors (Lipinski definition) is 5. The molecule has 0 aliphatic carbocycles. The fraction of sp³-hybridized carbons (Fsp3) is 0.176. The highest BCUT2D eigenvalue weighted by Gasteiger charge is 2.06. The molecule has 0 bridgehead atoms.